The summed E-state index contributed by atoms with van der Waals surface area (Å²) in [4.78, 5) is 15.0. The number of benzene rings is 1. The minimum atomic E-state index is -1.14. The van der Waals surface area contributed by atoms with E-state index in [1.807, 2.05) is 6.92 Å². The van der Waals surface area contributed by atoms with Gasteiger partial charge in [-0.15, -0.1) is 0 Å². The van der Waals surface area contributed by atoms with Crippen LogP contribution in [-0.4, -0.2) is 16.1 Å². The first-order chi connectivity index (χ1) is 8.09. The van der Waals surface area contributed by atoms with Crippen molar-refractivity contribution >= 4 is 5.97 Å². The van der Waals surface area contributed by atoms with Crippen LogP contribution in [0.5, 0.6) is 0 Å². The Kier molecular flexibility index (Phi) is 2.87. The summed E-state index contributed by atoms with van der Waals surface area (Å²) in [6, 6.07) is 5.47. The molecule has 0 spiro atoms. The summed E-state index contributed by atoms with van der Waals surface area (Å²) in [5.74, 6) is -1.70. The number of hydrogen-bond donors (Lipinski definition) is 1. The Hall–Kier alpha value is -2.23. The van der Waals surface area contributed by atoms with Crippen LogP contribution in [0.2, 0.25) is 0 Å². The van der Waals surface area contributed by atoms with Crippen LogP contribution in [-0.2, 0) is 0 Å². The van der Waals surface area contributed by atoms with Gasteiger partial charge in [-0.05, 0) is 41.8 Å². The van der Waals surface area contributed by atoms with E-state index in [-0.39, 0.29) is 5.56 Å². The average Bonchev–Trinajstić information content (AvgIpc) is 2.30. The van der Waals surface area contributed by atoms with Crippen LogP contribution < -0.4 is 0 Å². The first-order valence-electron chi connectivity index (χ1n) is 5.03. The highest BCUT2D eigenvalue weighted by Crippen LogP contribution is 2.26. The van der Waals surface area contributed by atoms with Gasteiger partial charge in [0.25, 0.3) is 0 Å². The predicted octanol–water partition coefficient (Wildman–Crippen LogP) is 2.89. The zero-order valence-electron chi connectivity index (χ0n) is 9.14. The van der Waals surface area contributed by atoms with Gasteiger partial charge in [0.2, 0.25) is 0 Å². The van der Waals surface area contributed by atoms with E-state index in [4.69, 9.17) is 5.11 Å². The first-order valence-corrected chi connectivity index (χ1v) is 5.03. The standard InChI is InChI=1S/C13H10FNO2/c1-8-7-15-5-4-10(8)11-3-2-9(14)6-12(11)13(16)17/h2-7H,1H3,(H,16,17). The molecule has 0 bridgehead atoms. The highest BCUT2D eigenvalue weighted by Gasteiger charge is 2.14. The third-order valence-electron chi connectivity index (χ3n) is 2.52. The second-order valence-corrected chi connectivity index (χ2v) is 3.69. The van der Waals surface area contributed by atoms with Crippen molar-refractivity contribution in [1.82, 2.24) is 4.98 Å². The Balaban J connectivity index is 2.68. The lowest BCUT2D eigenvalue weighted by Gasteiger charge is -2.08. The second kappa shape index (κ2) is 4.33. The summed E-state index contributed by atoms with van der Waals surface area (Å²) in [6.45, 7) is 1.83. The number of pyridine rings is 1. The number of halogens is 1. The molecular formula is C13H10FNO2. The van der Waals surface area contributed by atoms with E-state index in [0.29, 0.717) is 5.56 Å². The molecule has 0 atom stereocenters. The van der Waals surface area contributed by atoms with Crippen LogP contribution in [0.3, 0.4) is 0 Å². The fourth-order valence-corrected chi connectivity index (χ4v) is 1.70. The monoisotopic (exact) mass is 231 g/mol. The lowest BCUT2D eigenvalue weighted by Crippen LogP contribution is -2.01. The zero-order valence-corrected chi connectivity index (χ0v) is 9.14. The number of rotatable bonds is 2. The molecule has 1 N–H and O–H groups in total. The van der Waals surface area contributed by atoms with E-state index < -0.39 is 11.8 Å². The minimum Gasteiger partial charge on any atom is -0.478 e. The Morgan fingerprint density at radius 2 is 2.06 bits per heavy atom. The molecule has 1 aromatic heterocycles. The van der Waals surface area contributed by atoms with Crippen molar-refractivity contribution in [1.29, 1.82) is 0 Å². The van der Waals surface area contributed by atoms with Gasteiger partial charge in [0, 0.05) is 12.4 Å². The Morgan fingerprint density at radius 1 is 1.29 bits per heavy atom. The van der Waals surface area contributed by atoms with Crippen LogP contribution in [0.25, 0.3) is 11.1 Å². The van der Waals surface area contributed by atoms with Gasteiger partial charge in [-0.25, -0.2) is 9.18 Å². The number of aromatic nitrogens is 1. The maximum atomic E-state index is 13.0. The Morgan fingerprint density at radius 3 is 2.71 bits per heavy atom. The maximum Gasteiger partial charge on any atom is 0.336 e. The zero-order chi connectivity index (χ0) is 12.4. The molecule has 0 radical (unpaired) electrons. The van der Waals surface area contributed by atoms with Crippen molar-refractivity contribution in [2.24, 2.45) is 0 Å². The third kappa shape index (κ3) is 2.15. The largest absolute Gasteiger partial charge is 0.478 e. The first kappa shape index (κ1) is 11.3. The second-order valence-electron chi connectivity index (χ2n) is 3.69. The van der Waals surface area contributed by atoms with Crippen molar-refractivity contribution in [3.8, 4) is 11.1 Å². The molecule has 0 aliphatic rings. The van der Waals surface area contributed by atoms with Crippen molar-refractivity contribution < 1.29 is 14.3 Å². The minimum absolute atomic E-state index is 0.0423. The SMILES string of the molecule is Cc1cnccc1-c1ccc(F)cc1C(=O)O. The van der Waals surface area contributed by atoms with Crippen LogP contribution in [0.1, 0.15) is 15.9 Å². The van der Waals surface area contributed by atoms with Crippen LogP contribution >= 0.6 is 0 Å². The molecule has 3 nitrogen and oxygen atoms in total. The van der Waals surface area contributed by atoms with Crippen molar-refractivity contribution in [2.45, 2.75) is 6.92 Å². The summed E-state index contributed by atoms with van der Waals surface area (Å²) in [7, 11) is 0. The molecule has 1 heterocycles. The van der Waals surface area contributed by atoms with Gasteiger partial charge in [0.15, 0.2) is 0 Å². The number of aryl methyl sites for hydroxylation is 1. The summed E-state index contributed by atoms with van der Waals surface area (Å²) < 4.78 is 13.0. The van der Waals surface area contributed by atoms with Gasteiger partial charge < -0.3 is 5.11 Å². The molecule has 0 saturated carbocycles. The number of carbonyl (C=O) groups is 1. The molecule has 2 rings (SSSR count). The van der Waals surface area contributed by atoms with Crippen molar-refractivity contribution in [2.75, 3.05) is 0 Å². The summed E-state index contributed by atoms with van der Waals surface area (Å²) in [5, 5.41) is 9.06. The summed E-state index contributed by atoms with van der Waals surface area (Å²) in [6.07, 6.45) is 3.22. The molecule has 0 saturated heterocycles. The van der Waals surface area contributed by atoms with Gasteiger partial charge in [-0.2, -0.15) is 0 Å². The fraction of sp³-hybridized carbons (Fsp3) is 0.0769. The lowest BCUT2D eigenvalue weighted by molar-refractivity contribution is 0.0697. The molecule has 0 fully saturated rings. The topological polar surface area (TPSA) is 50.2 Å². The Bertz CT molecular complexity index is 581. The number of aromatic carboxylic acids is 1. The third-order valence-corrected chi connectivity index (χ3v) is 2.52. The summed E-state index contributed by atoms with van der Waals surface area (Å²) >= 11 is 0. The highest BCUT2D eigenvalue weighted by molar-refractivity contribution is 5.96. The molecule has 0 aliphatic heterocycles. The molecule has 0 amide bonds. The average molecular weight is 231 g/mol. The van der Waals surface area contributed by atoms with E-state index >= 15 is 0 Å². The maximum absolute atomic E-state index is 13.0. The molecular weight excluding hydrogens is 221 g/mol. The van der Waals surface area contributed by atoms with Crippen LogP contribution in [0, 0.1) is 12.7 Å². The van der Waals surface area contributed by atoms with Gasteiger partial charge in [-0.3, -0.25) is 4.98 Å². The van der Waals surface area contributed by atoms with Gasteiger partial charge in [0.1, 0.15) is 5.82 Å². The lowest BCUT2D eigenvalue weighted by atomic mass is 9.97. The number of nitrogens with zero attached hydrogens (tertiary/aromatic N) is 1. The van der Waals surface area contributed by atoms with Crippen molar-refractivity contribution in [3.05, 3.63) is 53.6 Å². The molecule has 0 unspecified atom stereocenters. The van der Waals surface area contributed by atoms with E-state index in [1.54, 1.807) is 18.5 Å². The van der Waals surface area contributed by atoms with Gasteiger partial charge in [-0.1, -0.05) is 6.07 Å². The van der Waals surface area contributed by atoms with E-state index in [2.05, 4.69) is 4.98 Å². The molecule has 86 valence electrons. The van der Waals surface area contributed by atoms with Crippen molar-refractivity contribution in [3.63, 3.8) is 0 Å². The smallest absolute Gasteiger partial charge is 0.336 e. The quantitative estimate of drug-likeness (QED) is 0.864. The fourth-order valence-electron chi connectivity index (χ4n) is 1.70. The Labute approximate surface area is 97.6 Å². The summed E-state index contributed by atoms with van der Waals surface area (Å²) in [5.41, 5.74) is 2.05. The van der Waals surface area contributed by atoms with Gasteiger partial charge in [0.05, 0.1) is 5.56 Å². The molecule has 1 aromatic carbocycles. The molecule has 2 aromatic rings. The van der Waals surface area contributed by atoms with Gasteiger partial charge >= 0.3 is 5.97 Å². The van der Waals surface area contributed by atoms with Crippen LogP contribution in [0.15, 0.2) is 36.7 Å². The van der Waals surface area contributed by atoms with E-state index in [0.717, 1.165) is 17.2 Å². The molecule has 0 aliphatic carbocycles. The normalized spacial score (nSPS) is 10.2. The molecule has 17 heavy (non-hydrogen) atoms. The molecule has 4 heteroatoms. The van der Waals surface area contributed by atoms with E-state index in [1.165, 1.54) is 12.1 Å². The van der Waals surface area contributed by atoms with Crippen LogP contribution in [0.4, 0.5) is 4.39 Å². The number of carboxylic acids is 1. The number of hydrogen-bond acceptors (Lipinski definition) is 2. The van der Waals surface area contributed by atoms with E-state index in [9.17, 15) is 9.18 Å². The number of carboxylic acid groups (broad SMARTS) is 1. The predicted molar refractivity (Wildman–Crippen MR) is 61.3 cm³/mol. The highest BCUT2D eigenvalue weighted by atomic mass is 19.1.